The molecule has 4 rings (SSSR count). The van der Waals surface area contributed by atoms with Gasteiger partial charge in [-0.2, -0.15) is 0 Å². The van der Waals surface area contributed by atoms with Crippen LogP contribution in [0.1, 0.15) is 37.7 Å². The van der Waals surface area contributed by atoms with Gasteiger partial charge in [0, 0.05) is 0 Å². The van der Waals surface area contributed by atoms with Gasteiger partial charge in [-0.3, -0.25) is 0 Å². The van der Waals surface area contributed by atoms with Gasteiger partial charge in [0.2, 0.25) is 0 Å². The van der Waals surface area contributed by atoms with Crippen LogP contribution >= 0.6 is 0 Å². The van der Waals surface area contributed by atoms with Gasteiger partial charge in [-0.1, -0.05) is 0 Å². The van der Waals surface area contributed by atoms with Crippen LogP contribution in [0.25, 0.3) is 17.1 Å². The first-order valence-electron chi connectivity index (χ1n) is 9.06. The summed E-state index contributed by atoms with van der Waals surface area (Å²) in [6, 6.07) is 18.9. The zero-order chi connectivity index (χ0) is 17.1. The molecule has 25 heavy (non-hydrogen) atoms. The van der Waals surface area contributed by atoms with E-state index in [0.717, 1.165) is 26.6 Å². The molecule has 0 bridgehead atoms. The third-order valence-corrected chi connectivity index (χ3v) is 7.22. The molecule has 0 saturated heterocycles. The fourth-order valence-electron chi connectivity index (χ4n) is 3.31. The first-order chi connectivity index (χ1) is 12.3. The molecule has 1 heterocycles. The van der Waals surface area contributed by atoms with Gasteiger partial charge in [0.1, 0.15) is 0 Å². The molecule has 1 fully saturated rings. The Morgan fingerprint density at radius 1 is 0.920 bits per heavy atom. The minimum absolute atomic E-state index is 0.361. The quantitative estimate of drug-likeness (QED) is 0.615. The molecule has 4 heteroatoms. The van der Waals surface area contributed by atoms with Gasteiger partial charge in [-0.15, -0.1) is 0 Å². The van der Waals surface area contributed by atoms with Gasteiger partial charge in [-0.25, -0.2) is 0 Å². The van der Waals surface area contributed by atoms with E-state index >= 15 is 0 Å². The molecule has 0 atom stereocenters. The minimum atomic E-state index is 0.361. The topological polar surface area (TPSA) is 30.7 Å². The molecule has 0 radical (unpaired) electrons. The molecule has 1 aromatic heterocycles. The SMILES string of the molecule is Cc1ccc(-c2nc([Se]C3CCCCC3)nn2-c2ccccc2)cc1. The summed E-state index contributed by atoms with van der Waals surface area (Å²) in [5.41, 5.74) is 3.48. The first kappa shape index (κ1) is 16.6. The van der Waals surface area contributed by atoms with E-state index in [1.165, 1.54) is 37.7 Å². The molecule has 0 N–H and O–H groups in total. The molecule has 0 aliphatic heterocycles. The van der Waals surface area contributed by atoms with Crippen molar-refractivity contribution in [1.29, 1.82) is 0 Å². The zero-order valence-corrected chi connectivity index (χ0v) is 16.3. The summed E-state index contributed by atoms with van der Waals surface area (Å²) in [5, 5.41) is 4.91. The Morgan fingerprint density at radius 3 is 2.36 bits per heavy atom. The van der Waals surface area contributed by atoms with Crippen LogP contribution in [-0.4, -0.2) is 29.7 Å². The summed E-state index contributed by atoms with van der Waals surface area (Å²) in [5.74, 6) is 0.957. The van der Waals surface area contributed by atoms with Crippen molar-refractivity contribution in [3.05, 3.63) is 60.2 Å². The van der Waals surface area contributed by atoms with Crippen molar-refractivity contribution in [2.75, 3.05) is 0 Å². The van der Waals surface area contributed by atoms with Crippen LogP contribution < -0.4 is 4.72 Å². The second-order valence-corrected chi connectivity index (χ2v) is 9.37. The molecule has 1 saturated carbocycles. The zero-order valence-electron chi connectivity index (χ0n) is 14.6. The number of para-hydroxylation sites is 1. The summed E-state index contributed by atoms with van der Waals surface area (Å²) in [6.07, 6.45) is 6.83. The summed E-state index contributed by atoms with van der Waals surface area (Å²) in [4.78, 5) is 5.76. The Labute approximate surface area is 155 Å². The van der Waals surface area contributed by atoms with Crippen molar-refractivity contribution >= 4 is 19.7 Å². The first-order valence-corrected chi connectivity index (χ1v) is 10.9. The number of nitrogens with zero attached hydrogens (tertiary/aromatic N) is 3. The van der Waals surface area contributed by atoms with Gasteiger partial charge in [0.25, 0.3) is 0 Å². The van der Waals surface area contributed by atoms with Crippen LogP contribution in [0, 0.1) is 6.92 Å². The molecule has 0 amide bonds. The average molecular weight is 396 g/mol. The monoisotopic (exact) mass is 397 g/mol. The van der Waals surface area contributed by atoms with E-state index in [4.69, 9.17) is 10.1 Å². The van der Waals surface area contributed by atoms with E-state index in [1.807, 2.05) is 10.7 Å². The maximum absolute atomic E-state index is 4.96. The van der Waals surface area contributed by atoms with Crippen molar-refractivity contribution in [3.63, 3.8) is 0 Å². The van der Waals surface area contributed by atoms with Gasteiger partial charge >= 0.3 is 156 Å². The molecular weight excluding hydrogens is 373 g/mol. The Bertz CT molecular complexity index is 818. The summed E-state index contributed by atoms with van der Waals surface area (Å²) < 4.78 is 3.06. The fraction of sp³-hybridized carbons (Fsp3) is 0.333. The molecule has 2 aromatic carbocycles. The summed E-state index contributed by atoms with van der Waals surface area (Å²) in [7, 11) is 0. The van der Waals surface area contributed by atoms with Crippen LogP contribution in [0.5, 0.6) is 0 Å². The van der Waals surface area contributed by atoms with Crippen LogP contribution in [0.3, 0.4) is 0 Å². The molecule has 3 nitrogen and oxygen atoms in total. The van der Waals surface area contributed by atoms with E-state index in [1.54, 1.807) is 0 Å². The fourth-order valence-corrected chi connectivity index (χ4v) is 5.70. The van der Waals surface area contributed by atoms with Gasteiger partial charge < -0.3 is 0 Å². The third kappa shape index (κ3) is 3.86. The molecule has 0 spiro atoms. The summed E-state index contributed by atoms with van der Waals surface area (Å²) >= 11 is 0.361. The normalized spacial score (nSPS) is 15.4. The van der Waals surface area contributed by atoms with Crippen molar-refractivity contribution in [1.82, 2.24) is 14.8 Å². The Balaban J connectivity index is 1.71. The van der Waals surface area contributed by atoms with Crippen molar-refractivity contribution in [2.24, 2.45) is 0 Å². The molecule has 0 unspecified atom stereocenters. The van der Waals surface area contributed by atoms with Crippen LogP contribution in [0.4, 0.5) is 0 Å². The Hall–Kier alpha value is -1.90. The molecule has 1 aliphatic rings. The Kier molecular flexibility index (Phi) is 5.00. The van der Waals surface area contributed by atoms with Crippen LogP contribution in [0.2, 0.25) is 4.82 Å². The van der Waals surface area contributed by atoms with Gasteiger partial charge in [0.15, 0.2) is 0 Å². The predicted molar refractivity (Wildman–Crippen MR) is 104 cm³/mol. The maximum atomic E-state index is 4.96. The molecule has 1 aliphatic carbocycles. The Morgan fingerprint density at radius 2 is 1.64 bits per heavy atom. The molecule has 128 valence electrons. The molecular formula is C21H23N3Se. The van der Waals surface area contributed by atoms with Crippen LogP contribution in [-0.2, 0) is 0 Å². The van der Waals surface area contributed by atoms with Crippen molar-refractivity contribution in [3.8, 4) is 17.1 Å². The van der Waals surface area contributed by atoms with Gasteiger partial charge in [0.05, 0.1) is 0 Å². The van der Waals surface area contributed by atoms with Crippen molar-refractivity contribution in [2.45, 2.75) is 43.8 Å². The average Bonchev–Trinajstić information content (AvgIpc) is 3.08. The number of aromatic nitrogens is 3. The van der Waals surface area contributed by atoms with E-state index in [-0.39, 0.29) is 0 Å². The van der Waals surface area contributed by atoms with Crippen molar-refractivity contribution < 1.29 is 0 Å². The van der Waals surface area contributed by atoms with E-state index in [0.29, 0.717) is 15.0 Å². The van der Waals surface area contributed by atoms with E-state index < -0.39 is 0 Å². The van der Waals surface area contributed by atoms with E-state index in [2.05, 4.69) is 55.5 Å². The van der Waals surface area contributed by atoms with E-state index in [9.17, 15) is 0 Å². The summed E-state index contributed by atoms with van der Waals surface area (Å²) in [6.45, 7) is 2.11. The number of hydrogen-bond acceptors (Lipinski definition) is 2. The predicted octanol–water partition coefficient (Wildman–Crippen LogP) is 4.32. The number of benzene rings is 2. The number of rotatable bonds is 4. The van der Waals surface area contributed by atoms with Crippen LogP contribution in [0.15, 0.2) is 54.6 Å². The number of aryl methyl sites for hydroxylation is 1. The molecule has 3 aromatic rings. The second-order valence-electron chi connectivity index (χ2n) is 6.71. The number of hydrogen-bond donors (Lipinski definition) is 0. The van der Waals surface area contributed by atoms with Gasteiger partial charge in [-0.05, 0) is 0 Å². The second kappa shape index (κ2) is 7.55. The third-order valence-electron chi connectivity index (χ3n) is 4.72. The standard InChI is InChI=1S/C21H23N3Se/c1-16-12-14-17(15-13-16)20-22-21(25-19-10-6-3-7-11-19)23-24(20)18-8-4-2-5-9-18/h2,4-5,8-9,12-15,19H,3,6-7,10-11H2,1H3.